The lowest BCUT2D eigenvalue weighted by Crippen LogP contribution is -2.57. The number of carbonyl (C=O) groups is 2. The molecule has 22 heavy (non-hydrogen) atoms. The van der Waals surface area contributed by atoms with Gasteiger partial charge < -0.3 is 19.8 Å². The van der Waals surface area contributed by atoms with Crippen LogP contribution in [0.15, 0.2) is 0 Å². The highest BCUT2D eigenvalue weighted by Crippen LogP contribution is 2.48. The molecule has 2 fully saturated rings. The van der Waals surface area contributed by atoms with Gasteiger partial charge in [-0.1, -0.05) is 0 Å². The molecule has 1 unspecified atom stereocenters. The zero-order chi connectivity index (χ0) is 16.6. The summed E-state index contributed by atoms with van der Waals surface area (Å²) in [5.41, 5.74) is -3.14. The number of thioether (sulfide) groups is 1. The van der Waals surface area contributed by atoms with E-state index in [4.69, 9.17) is 4.74 Å². The van der Waals surface area contributed by atoms with E-state index in [0.717, 1.165) is 11.5 Å². The van der Waals surface area contributed by atoms with Gasteiger partial charge in [-0.25, -0.2) is 4.79 Å². The molecule has 0 saturated carbocycles. The van der Waals surface area contributed by atoms with Crippen molar-refractivity contribution in [2.45, 2.75) is 51.2 Å². The fourth-order valence-corrected chi connectivity index (χ4v) is 4.45. The first-order valence-corrected chi connectivity index (χ1v) is 8.77. The molecule has 2 aliphatic heterocycles. The zero-order valence-electron chi connectivity index (χ0n) is 13.4. The molecular weight excluding hydrogens is 306 g/mol. The smallest absolute Gasteiger partial charge is 0.410 e. The van der Waals surface area contributed by atoms with Crippen molar-refractivity contribution in [1.29, 1.82) is 0 Å². The summed E-state index contributed by atoms with van der Waals surface area (Å²) in [5, 5.41) is 20.7. The molecule has 0 radical (unpaired) electrons. The van der Waals surface area contributed by atoms with Gasteiger partial charge in [0, 0.05) is 6.54 Å². The van der Waals surface area contributed by atoms with E-state index < -0.39 is 28.7 Å². The van der Waals surface area contributed by atoms with Crippen LogP contribution in [0, 0.1) is 5.41 Å². The molecule has 0 aromatic heterocycles. The quantitative estimate of drug-likeness (QED) is 0.804. The minimum Gasteiger partial charge on any atom is -0.481 e. The molecule has 6 nitrogen and oxygen atoms in total. The molecule has 1 amide bonds. The normalized spacial score (nSPS) is 28.5. The van der Waals surface area contributed by atoms with Crippen LogP contribution in [0.4, 0.5) is 4.79 Å². The molecule has 2 heterocycles. The molecule has 126 valence electrons. The van der Waals surface area contributed by atoms with Gasteiger partial charge in [0.05, 0.1) is 12.0 Å². The summed E-state index contributed by atoms with van der Waals surface area (Å²) in [4.78, 5) is 25.4. The topological polar surface area (TPSA) is 87.1 Å². The Morgan fingerprint density at radius 3 is 2.27 bits per heavy atom. The SMILES string of the molecule is CC(C)(C)OC(=O)N1CCC(O)(C2(C(=O)O)CCSCC2)C1. The maximum atomic E-state index is 12.1. The summed E-state index contributed by atoms with van der Waals surface area (Å²) in [6.07, 6.45) is 0.662. The second-order valence-electron chi connectivity index (χ2n) is 7.18. The second-order valence-corrected chi connectivity index (χ2v) is 8.41. The molecular formula is C15H25NO5S. The third kappa shape index (κ3) is 3.20. The third-order valence-corrected chi connectivity index (χ3v) is 5.53. The van der Waals surface area contributed by atoms with Crippen LogP contribution in [0.25, 0.3) is 0 Å². The Labute approximate surface area is 135 Å². The Kier molecular flexibility index (Phi) is 4.69. The number of hydrogen-bond donors (Lipinski definition) is 2. The largest absolute Gasteiger partial charge is 0.481 e. The van der Waals surface area contributed by atoms with E-state index >= 15 is 0 Å². The number of aliphatic carboxylic acids is 1. The Balaban J connectivity index is 2.15. The van der Waals surface area contributed by atoms with E-state index in [1.54, 1.807) is 32.5 Å². The summed E-state index contributed by atoms with van der Waals surface area (Å²) in [6, 6.07) is 0. The lowest BCUT2D eigenvalue weighted by atomic mass is 9.67. The van der Waals surface area contributed by atoms with Crippen LogP contribution in [0.3, 0.4) is 0 Å². The molecule has 0 aromatic carbocycles. The van der Waals surface area contributed by atoms with Crippen LogP contribution in [0.1, 0.15) is 40.0 Å². The van der Waals surface area contributed by atoms with Gasteiger partial charge in [-0.05, 0) is 51.5 Å². The van der Waals surface area contributed by atoms with Gasteiger partial charge in [0.2, 0.25) is 0 Å². The van der Waals surface area contributed by atoms with Crippen molar-refractivity contribution in [3.05, 3.63) is 0 Å². The minimum atomic E-state index is -1.38. The predicted octanol–water partition coefficient (Wildman–Crippen LogP) is 1.96. The van der Waals surface area contributed by atoms with Crippen LogP contribution < -0.4 is 0 Å². The molecule has 2 N–H and O–H groups in total. The summed E-state index contributed by atoms with van der Waals surface area (Å²) in [5.74, 6) is 0.489. The highest BCUT2D eigenvalue weighted by atomic mass is 32.2. The highest BCUT2D eigenvalue weighted by Gasteiger charge is 2.59. The van der Waals surface area contributed by atoms with E-state index in [1.165, 1.54) is 4.90 Å². The lowest BCUT2D eigenvalue weighted by Gasteiger charge is -2.44. The average Bonchev–Trinajstić information content (AvgIpc) is 2.82. The molecule has 0 spiro atoms. The Bertz CT molecular complexity index is 455. The van der Waals surface area contributed by atoms with Gasteiger partial charge in [-0.15, -0.1) is 0 Å². The number of hydrogen-bond acceptors (Lipinski definition) is 5. The van der Waals surface area contributed by atoms with Gasteiger partial charge in [0.15, 0.2) is 0 Å². The van der Waals surface area contributed by atoms with Crippen LogP contribution >= 0.6 is 11.8 Å². The molecule has 0 aliphatic carbocycles. The molecule has 1 atom stereocenters. The maximum Gasteiger partial charge on any atom is 0.410 e. The third-order valence-electron chi connectivity index (χ3n) is 4.55. The molecule has 0 bridgehead atoms. The number of carboxylic acids is 1. The molecule has 7 heteroatoms. The van der Waals surface area contributed by atoms with E-state index in [0.29, 0.717) is 19.4 Å². The fourth-order valence-electron chi connectivity index (χ4n) is 3.26. The van der Waals surface area contributed by atoms with E-state index in [-0.39, 0.29) is 13.0 Å². The fraction of sp³-hybridized carbons (Fsp3) is 0.867. The Hall–Kier alpha value is -0.950. The van der Waals surface area contributed by atoms with Crippen LogP contribution in [-0.4, -0.2) is 63.0 Å². The number of rotatable bonds is 2. The predicted molar refractivity (Wildman–Crippen MR) is 84.0 cm³/mol. The average molecular weight is 331 g/mol. The number of aliphatic hydroxyl groups is 1. The lowest BCUT2D eigenvalue weighted by molar-refractivity contribution is -0.169. The Morgan fingerprint density at radius 1 is 1.18 bits per heavy atom. The number of carboxylic acid groups (broad SMARTS) is 1. The summed E-state index contributed by atoms with van der Waals surface area (Å²) >= 11 is 1.71. The number of nitrogens with zero attached hydrogens (tertiary/aromatic N) is 1. The van der Waals surface area contributed by atoms with E-state index in [9.17, 15) is 19.8 Å². The van der Waals surface area contributed by atoms with Gasteiger partial charge >= 0.3 is 12.1 Å². The minimum absolute atomic E-state index is 0.0267. The summed E-state index contributed by atoms with van der Waals surface area (Å²) in [6.45, 7) is 5.70. The standard InChI is InChI=1S/C15H25NO5S/c1-13(2,3)21-12(19)16-7-4-15(20,10-16)14(11(17)18)5-8-22-9-6-14/h20H,4-10H2,1-3H3,(H,17,18). The summed E-state index contributed by atoms with van der Waals surface area (Å²) in [7, 11) is 0. The molecule has 2 saturated heterocycles. The number of carbonyl (C=O) groups excluding carboxylic acids is 1. The highest BCUT2D eigenvalue weighted by molar-refractivity contribution is 7.99. The van der Waals surface area contributed by atoms with Crippen LogP contribution in [0.5, 0.6) is 0 Å². The monoisotopic (exact) mass is 331 g/mol. The van der Waals surface area contributed by atoms with E-state index in [1.807, 2.05) is 0 Å². The zero-order valence-corrected chi connectivity index (χ0v) is 14.2. The van der Waals surface area contributed by atoms with Gasteiger partial charge in [-0.2, -0.15) is 11.8 Å². The second kappa shape index (κ2) is 5.92. The van der Waals surface area contributed by atoms with Gasteiger partial charge in [0.25, 0.3) is 0 Å². The van der Waals surface area contributed by atoms with Gasteiger partial charge in [0.1, 0.15) is 11.2 Å². The number of amides is 1. The van der Waals surface area contributed by atoms with Crippen molar-refractivity contribution < 1.29 is 24.5 Å². The van der Waals surface area contributed by atoms with Crippen LogP contribution in [-0.2, 0) is 9.53 Å². The summed E-state index contributed by atoms with van der Waals surface area (Å²) < 4.78 is 5.32. The van der Waals surface area contributed by atoms with Gasteiger partial charge in [-0.3, -0.25) is 4.79 Å². The molecule has 2 rings (SSSR count). The van der Waals surface area contributed by atoms with E-state index in [2.05, 4.69) is 0 Å². The maximum absolute atomic E-state index is 12.1. The Morgan fingerprint density at radius 2 is 1.77 bits per heavy atom. The van der Waals surface area contributed by atoms with Crippen molar-refractivity contribution in [3.63, 3.8) is 0 Å². The van der Waals surface area contributed by atoms with Crippen molar-refractivity contribution in [1.82, 2.24) is 4.90 Å². The van der Waals surface area contributed by atoms with Crippen molar-refractivity contribution in [3.8, 4) is 0 Å². The molecule has 2 aliphatic rings. The number of β-amino-alcohol motifs (C(OH)–C–C–N with tert-alkyl or cyclic N) is 1. The number of likely N-dealkylation sites (tertiary alicyclic amines) is 1. The van der Waals surface area contributed by atoms with Crippen LogP contribution in [0.2, 0.25) is 0 Å². The van der Waals surface area contributed by atoms with Crippen molar-refractivity contribution in [2.75, 3.05) is 24.6 Å². The molecule has 0 aromatic rings. The van der Waals surface area contributed by atoms with Crippen molar-refractivity contribution in [2.24, 2.45) is 5.41 Å². The first-order chi connectivity index (χ1) is 10.1. The first-order valence-electron chi connectivity index (χ1n) is 7.61. The number of ether oxygens (including phenoxy) is 1. The first kappa shape index (κ1) is 17.4. The van der Waals surface area contributed by atoms with Crippen molar-refractivity contribution >= 4 is 23.8 Å².